The molecule has 24 heavy (non-hydrogen) atoms. The van der Waals surface area contributed by atoms with Crippen molar-refractivity contribution in [2.24, 2.45) is 0 Å². The molecule has 0 spiro atoms. The van der Waals surface area contributed by atoms with E-state index in [1.54, 1.807) is 7.11 Å². The summed E-state index contributed by atoms with van der Waals surface area (Å²) in [5.41, 5.74) is 1.23. The van der Waals surface area contributed by atoms with Crippen LogP contribution in [0.15, 0.2) is 18.2 Å². The minimum Gasteiger partial charge on any atom is -0.493 e. The number of aliphatic hydroxyl groups is 1. The van der Waals surface area contributed by atoms with E-state index in [1.807, 2.05) is 12.1 Å². The second kappa shape index (κ2) is 8.67. The van der Waals surface area contributed by atoms with Gasteiger partial charge in [-0.25, -0.2) is 0 Å². The molecule has 2 heterocycles. The van der Waals surface area contributed by atoms with Gasteiger partial charge in [-0.15, -0.1) is 0 Å². The molecule has 3 rings (SSSR count). The monoisotopic (exact) mass is 336 g/mol. The Morgan fingerprint density at radius 1 is 1.12 bits per heavy atom. The maximum Gasteiger partial charge on any atom is 0.161 e. The molecule has 1 N–H and O–H groups in total. The van der Waals surface area contributed by atoms with Gasteiger partial charge in [0.2, 0.25) is 0 Å². The summed E-state index contributed by atoms with van der Waals surface area (Å²) < 4.78 is 16.6. The van der Waals surface area contributed by atoms with Gasteiger partial charge in [0.1, 0.15) is 12.7 Å². The molecule has 2 fully saturated rings. The number of benzene rings is 1. The third-order valence-electron chi connectivity index (χ3n) is 4.59. The zero-order valence-electron chi connectivity index (χ0n) is 14.4. The predicted molar refractivity (Wildman–Crippen MR) is 91.6 cm³/mol. The Balaban J connectivity index is 1.49. The van der Waals surface area contributed by atoms with Crippen molar-refractivity contribution in [3.63, 3.8) is 0 Å². The molecule has 1 aromatic rings. The molecule has 134 valence electrons. The molecule has 6 heteroatoms. The first-order chi connectivity index (χ1) is 11.7. The Labute approximate surface area is 143 Å². The highest BCUT2D eigenvalue weighted by Gasteiger charge is 2.17. The Morgan fingerprint density at radius 3 is 2.58 bits per heavy atom. The van der Waals surface area contributed by atoms with Crippen molar-refractivity contribution < 1.29 is 19.3 Å². The molecule has 0 saturated carbocycles. The molecule has 2 saturated heterocycles. The topological polar surface area (TPSA) is 54.4 Å². The zero-order chi connectivity index (χ0) is 16.8. The number of ether oxygens (including phenoxy) is 3. The summed E-state index contributed by atoms with van der Waals surface area (Å²) in [6.45, 7) is 7.38. The quantitative estimate of drug-likeness (QED) is 0.764. The Kier molecular flexibility index (Phi) is 6.31. The highest BCUT2D eigenvalue weighted by atomic mass is 16.5. The first-order valence-electron chi connectivity index (χ1n) is 8.75. The molecule has 0 unspecified atom stereocenters. The second-order valence-corrected chi connectivity index (χ2v) is 6.49. The van der Waals surface area contributed by atoms with Gasteiger partial charge in [0, 0.05) is 26.2 Å². The molecule has 0 aromatic heterocycles. The number of methoxy groups -OCH3 is 1. The lowest BCUT2D eigenvalue weighted by Crippen LogP contribution is -2.42. The molecular formula is C18H28N2O4. The zero-order valence-corrected chi connectivity index (χ0v) is 14.4. The third kappa shape index (κ3) is 4.83. The summed E-state index contributed by atoms with van der Waals surface area (Å²) >= 11 is 0. The Bertz CT molecular complexity index is 516. The van der Waals surface area contributed by atoms with Crippen LogP contribution in [-0.2, 0) is 11.3 Å². The first kappa shape index (κ1) is 17.5. The van der Waals surface area contributed by atoms with Crippen LogP contribution in [0.25, 0.3) is 0 Å². The molecule has 0 radical (unpaired) electrons. The smallest absolute Gasteiger partial charge is 0.161 e. The third-order valence-corrected chi connectivity index (χ3v) is 4.59. The molecule has 6 nitrogen and oxygen atoms in total. The van der Waals surface area contributed by atoms with E-state index in [2.05, 4.69) is 15.9 Å². The fraction of sp³-hybridized carbons (Fsp3) is 0.667. The molecule has 2 aliphatic heterocycles. The van der Waals surface area contributed by atoms with E-state index in [-0.39, 0.29) is 6.61 Å². The number of β-amino-alcohol motifs (C(OH)–C–C–N with tert-alkyl or cyclic N) is 1. The fourth-order valence-corrected chi connectivity index (χ4v) is 3.05. The lowest BCUT2D eigenvalue weighted by molar-refractivity contribution is 0.00445. The minimum atomic E-state index is -0.520. The maximum absolute atomic E-state index is 10.2. The number of nitrogens with zero attached hydrogens (tertiary/aromatic N) is 2. The number of aliphatic hydroxyl groups excluding tert-OH is 1. The van der Waals surface area contributed by atoms with E-state index in [0.717, 1.165) is 38.6 Å². The molecule has 0 amide bonds. The Morgan fingerprint density at radius 2 is 1.92 bits per heavy atom. The van der Waals surface area contributed by atoms with Crippen LogP contribution in [0.2, 0.25) is 0 Å². The number of morpholine rings is 1. The molecule has 0 aliphatic carbocycles. The van der Waals surface area contributed by atoms with Gasteiger partial charge in [-0.2, -0.15) is 0 Å². The van der Waals surface area contributed by atoms with Gasteiger partial charge >= 0.3 is 0 Å². The standard InChI is InChI=1S/C18H28N2O4/c1-22-18-11-15(12-19-5-2-6-19)3-4-17(18)24-14-16(21)13-20-7-9-23-10-8-20/h3-4,11,16,21H,2,5-10,12-14H2,1H3/t16-/m0/s1. The van der Waals surface area contributed by atoms with Crippen LogP contribution in [0.4, 0.5) is 0 Å². The largest absolute Gasteiger partial charge is 0.493 e. The SMILES string of the molecule is COc1cc(CN2CCC2)ccc1OC[C@@H](O)CN1CCOCC1. The molecule has 1 aromatic carbocycles. The van der Waals surface area contributed by atoms with Gasteiger partial charge in [0.15, 0.2) is 11.5 Å². The lowest BCUT2D eigenvalue weighted by atomic mass is 10.1. The van der Waals surface area contributed by atoms with Crippen LogP contribution in [0.5, 0.6) is 11.5 Å². The number of hydrogen-bond acceptors (Lipinski definition) is 6. The lowest BCUT2D eigenvalue weighted by Gasteiger charge is -2.30. The van der Waals surface area contributed by atoms with Crippen molar-refractivity contribution in [1.82, 2.24) is 9.80 Å². The van der Waals surface area contributed by atoms with Crippen LogP contribution in [0, 0.1) is 0 Å². The summed E-state index contributed by atoms with van der Waals surface area (Å²) in [7, 11) is 1.65. The van der Waals surface area contributed by atoms with E-state index >= 15 is 0 Å². The molecule has 2 aliphatic rings. The van der Waals surface area contributed by atoms with Crippen molar-refractivity contribution in [2.45, 2.75) is 19.1 Å². The second-order valence-electron chi connectivity index (χ2n) is 6.49. The summed E-state index contributed by atoms with van der Waals surface area (Å²) in [4.78, 5) is 4.60. The van der Waals surface area contributed by atoms with Crippen molar-refractivity contribution in [3.05, 3.63) is 23.8 Å². The van der Waals surface area contributed by atoms with Crippen molar-refractivity contribution in [1.29, 1.82) is 0 Å². The van der Waals surface area contributed by atoms with Crippen LogP contribution >= 0.6 is 0 Å². The highest BCUT2D eigenvalue weighted by molar-refractivity contribution is 5.43. The maximum atomic E-state index is 10.2. The average molecular weight is 336 g/mol. The molecule has 1 atom stereocenters. The summed E-state index contributed by atoms with van der Waals surface area (Å²) in [6, 6.07) is 6.04. The van der Waals surface area contributed by atoms with E-state index in [4.69, 9.17) is 14.2 Å². The summed E-state index contributed by atoms with van der Waals surface area (Å²) in [6.07, 6.45) is 0.771. The van der Waals surface area contributed by atoms with Crippen LogP contribution in [-0.4, -0.2) is 80.7 Å². The van der Waals surface area contributed by atoms with Crippen LogP contribution in [0.3, 0.4) is 0 Å². The van der Waals surface area contributed by atoms with Gasteiger partial charge in [-0.1, -0.05) is 6.07 Å². The predicted octanol–water partition coefficient (Wildman–Crippen LogP) is 0.973. The number of likely N-dealkylation sites (tertiary alicyclic amines) is 1. The molecule has 0 bridgehead atoms. The minimum absolute atomic E-state index is 0.263. The van der Waals surface area contributed by atoms with Gasteiger partial charge in [-0.05, 0) is 37.2 Å². The Hall–Kier alpha value is -1.34. The average Bonchev–Trinajstić information content (AvgIpc) is 2.57. The van der Waals surface area contributed by atoms with Gasteiger partial charge < -0.3 is 19.3 Å². The number of rotatable bonds is 8. The normalized spacial score (nSPS) is 20.4. The van der Waals surface area contributed by atoms with Gasteiger partial charge in [0.05, 0.1) is 20.3 Å². The van der Waals surface area contributed by atoms with E-state index in [0.29, 0.717) is 12.3 Å². The number of hydrogen-bond donors (Lipinski definition) is 1. The van der Waals surface area contributed by atoms with Crippen molar-refractivity contribution in [3.8, 4) is 11.5 Å². The fourth-order valence-electron chi connectivity index (χ4n) is 3.05. The van der Waals surface area contributed by atoms with Crippen molar-refractivity contribution >= 4 is 0 Å². The highest BCUT2D eigenvalue weighted by Crippen LogP contribution is 2.29. The molecular weight excluding hydrogens is 308 g/mol. The van der Waals surface area contributed by atoms with Crippen LogP contribution < -0.4 is 9.47 Å². The van der Waals surface area contributed by atoms with Crippen molar-refractivity contribution in [2.75, 3.05) is 59.7 Å². The summed E-state index contributed by atoms with van der Waals surface area (Å²) in [5, 5.41) is 10.2. The van der Waals surface area contributed by atoms with Gasteiger partial charge in [0.25, 0.3) is 0 Å². The summed E-state index contributed by atoms with van der Waals surface area (Å²) in [5.74, 6) is 1.41. The van der Waals surface area contributed by atoms with E-state index in [9.17, 15) is 5.11 Å². The van der Waals surface area contributed by atoms with E-state index in [1.165, 1.54) is 25.1 Å². The van der Waals surface area contributed by atoms with Crippen LogP contribution in [0.1, 0.15) is 12.0 Å². The van der Waals surface area contributed by atoms with E-state index < -0.39 is 6.10 Å². The first-order valence-corrected chi connectivity index (χ1v) is 8.75. The van der Waals surface area contributed by atoms with Gasteiger partial charge in [-0.3, -0.25) is 9.80 Å².